The van der Waals surface area contributed by atoms with Crippen LogP contribution in [0.5, 0.6) is 0 Å². The Morgan fingerprint density at radius 1 is 1.12 bits per heavy atom. The highest BCUT2D eigenvalue weighted by Crippen LogP contribution is 2.10. The van der Waals surface area contributed by atoms with E-state index in [9.17, 15) is 4.79 Å². The summed E-state index contributed by atoms with van der Waals surface area (Å²) in [6, 6.07) is 10.1. The molecular formula is C20H28N4O2. The Labute approximate surface area is 155 Å². The molecule has 2 aromatic rings. The predicted octanol–water partition coefficient (Wildman–Crippen LogP) is 2.72. The first-order valence-electron chi connectivity index (χ1n) is 8.81. The van der Waals surface area contributed by atoms with Gasteiger partial charge >= 0.3 is 0 Å². The molecule has 1 heterocycles. The zero-order valence-electron chi connectivity index (χ0n) is 16.0. The lowest BCUT2D eigenvalue weighted by Gasteiger charge is -2.23. The van der Waals surface area contributed by atoms with E-state index in [4.69, 9.17) is 4.42 Å². The van der Waals surface area contributed by atoms with Crippen molar-refractivity contribution in [3.8, 4) is 0 Å². The third kappa shape index (κ3) is 5.37. The molecule has 0 bridgehead atoms. The fourth-order valence-electron chi connectivity index (χ4n) is 2.68. The number of rotatable bonds is 7. The summed E-state index contributed by atoms with van der Waals surface area (Å²) in [7, 11) is 3.79. The molecule has 140 valence electrons. The molecule has 0 saturated carbocycles. The van der Waals surface area contributed by atoms with E-state index in [1.165, 1.54) is 17.4 Å². The van der Waals surface area contributed by atoms with Crippen molar-refractivity contribution in [1.82, 2.24) is 15.5 Å². The minimum Gasteiger partial charge on any atom is -0.459 e. The van der Waals surface area contributed by atoms with E-state index in [0.29, 0.717) is 12.3 Å². The molecule has 1 aromatic carbocycles. The number of hydrogen-bond donors (Lipinski definition) is 2. The molecule has 0 fully saturated rings. The summed E-state index contributed by atoms with van der Waals surface area (Å²) in [5.41, 5.74) is 3.39. The zero-order valence-corrected chi connectivity index (χ0v) is 16.0. The van der Waals surface area contributed by atoms with Crippen molar-refractivity contribution in [2.45, 2.75) is 26.8 Å². The first-order chi connectivity index (χ1) is 12.5. The van der Waals surface area contributed by atoms with Gasteiger partial charge in [0, 0.05) is 39.3 Å². The standard InChI is InChI=1S/C20H28N4O2/c1-15-8-5-6-9-17(15)14-24(4)20(21-3)23-12-7-11-22-19(25)18-16(2)10-13-26-18/h5-6,8-10,13H,7,11-12,14H2,1-4H3,(H,21,23)(H,22,25). The number of carbonyl (C=O) groups is 1. The summed E-state index contributed by atoms with van der Waals surface area (Å²) in [5.74, 6) is 1.04. The van der Waals surface area contributed by atoms with E-state index < -0.39 is 0 Å². The first-order valence-corrected chi connectivity index (χ1v) is 8.81. The highest BCUT2D eigenvalue weighted by Gasteiger charge is 2.11. The van der Waals surface area contributed by atoms with Crippen molar-refractivity contribution in [1.29, 1.82) is 0 Å². The smallest absolute Gasteiger partial charge is 0.287 e. The summed E-state index contributed by atoms with van der Waals surface area (Å²) in [5, 5.41) is 6.20. The van der Waals surface area contributed by atoms with Crippen molar-refractivity contribution in [3.05, 3.63) is 59.0 Å². The molecule has 0 aliphatic carbocycles. The number of nitrogens with one attached hydrogen (secondary N) is 2. The summed E-state index contributed by atoms with van der Waals surface area (Å²) in [4.78, 5) is 18.4. The van der Waals surface area contributed by atoms with Crippen LogP contribution >= 0.6 is 0 Å². The fraction of sp³-hybridized carbons (Fsp3) is 0.400. The third-order valence-corrected chi connectivity index (χ3v) is 4.23. The second kappa shape index (κ2) is 9.65. The molecule has 0 aliphatic rings. The van der Waals surface area contributed by atoms with E-state index in [2.05, 4.69) is 45.6 Å². The lowest BCUT2D eigenvalue weighted by Crippen LogP contribution is -2.39. The van der Waals surface area contributed by atoms with Gasteiger partial charge in [-0.25, -0.2) is 0 Å². The maximum absolute atomic E-state index is 12.0. The van der Waals surface area contributed by atoms with Crippen LogP contribution in [0.4, 0.5) is 0 Å². The van der Waals surface area contributed by atoms with Crippen LogP contribution in [0.25, 0.3) is 0 Å². The van der Waals surface area contributed by atoms with Gasteiger partial charge in [-0.15, -0.1) is 0 Å². The molecule has 1 amide bonds. The predicted molar refractivity (Wildman–Crippen MR) is 104 cm³/mol. The van der Waals surface area contributed by atoms with Crippen molar-refractivity contribution < 1.29 is 9.21 Å². The summed E-state index contributed by atoms with van der Waals surface area (Å²) >= 11 is 0. The minimum atomic E-state index is -0.173. The quantitative estimate of drug-likeness (QED) is 0.455. The van der Waals surface area contributed by atoms with Gasteiger partial charge in [0.1, 0.15) is 0 Å². The monoisotopic (exact) mass is 356 g/mol. The van der Waals surface area contributed by atoms with Gasteiger partial charge in [-0.05, 0) is 37.5 Å². The molecule has 0 radical (unpaired) electrons. The molecule has 6 heteroatoms. The lowest BCUT2D eigenvalue weighted by atomic mass is 10.1. The number of amides is 1. The van der Waals surface area contributed by atoms with Crippen molar-refractivity contribution >= 4 is 11.9 Å². The fourth-order valence-corrected chi connectivity index (χ4v) is 2.68. The third-order valence-electron chi connectivity index (χ3n) is 4.23. The molecule has 0 aliphatic heterocycles. The number of hydrogen-bond acceptors (Lipinski definition) is 3. The maximum atomic E-state index is 12.0. The average Bonchev–Trinajstić information content (AvgIpc) is 3.06. The number of aryl methyl sites for hydroxylation is 2. The van der Waals surface area contributed by atoms with Gasteiger partial charge < -0.3 is 20.0 Å². The van der Waals surface area contributed by atoms with E-state index in [1.807, 2.05) is 20.0 Å². The Hall–Kier alpha value is -2.76. The highest BCUT2D eigenvalue weighted by atomic mass is 16.3. The van der Waals surface area contributed by atoms with Crippen LogP contribution in [-0.2, 0) is 6.54 Å². The molecule has 0 atom stereocenters. The van der Waals surface area contributed by atoms with Gasteiger partial charge in [-0.1, -0.05) is 24.3 Å². The van der Waals surface area contributed by atoms with E-state index in [1.54, 1.807) is 13.1 Å². The molecule has 0 saturated heterocycles. The second-order valence-corrected chi connectivity index (χ2v) is 6.30. The van der Waals surface area contributed by atoms with Gasteiger partial charge in [0.25, 0.3) is 5.91 Å². The number of furan rings is 1. The Kier molecular flexibility index (Phi) is 7.26. The lowest BCUT2D eigenvalue weighted by molar-refractivity contribution is 0.0925. The highest BCUT2D eigenvalue weighted by molar-refractivity contribution is 5.92. The average molecular weight is 356 g/mol. The van der Waals surface area contributed by atoms with Gasteiger partial charge in [0.2, 0.25) is 0 Å². The Bertz CT molecular complexity index is 752. The molecule has 0 unspecified atom stereocenters. The summed E-state index contributed by atoms with van der Waals surface area (Å²) in [6.45, 7) is 6.06. The van der Waals surface area contributed by atoms with Crippen LogP contribution in [0, 0.1) is 13.8 Å². The van der Waals surface area contributed by atoms with Gasteiger partial charge in [-0.2, -0.15) is 0 Å². The van der Waals surface area contributed by atoms with Crippen LogP contribution in [0.15, 0.2) is 46.0 Å². The number of nitrogens with zero attached hydrogens (tertiary/aromatic N) is 2. The second-order valence-electron chi connectivity index (χ2n) is 6.30. The van der Waals surface area contributed by atoms with E-state index in [-0.39, 0.29) is 5.91 Å². The van der Waals surface area contributed by atoms with E-state index >= 15 is 0 Å². The normalized spacial score (nSPS) is 11.3. The van der Waals surface area contributed by atoms with Gasteiger partial charge in [0.15, 0.2) is 11.7 Å². The molecular weight excluding hydrogens is 328 g/mol. The van der Waals surface area contributed by atoms with Crippen LogP contribution < -0.4 is 10.6 Å². The Morgan fingerprint density at radius 3 is 2.50 bits per heavy atom. The van der Waals surface area contributed by atoms with Crippen LogP contribution in [-0.4, -0.2) is 44.0 Å². The number of carbonyl (C=O) groups excluding carboxylic acids is 1. The summed E-state index contributed by atoms with van der Waals surface area (Å²) in [6.07, 6.45) is 2.32. The summed E-state index contributed by atoms with van der Waals surface area (Å²) < 4.78 is 5.18. The van der Waals surface area contributed by atoms with Crippen LogP contribution in [0.3, 0.4) is 0 Å². The van der Waals surface area contributed by atoms with Crippen molar-refractivity contribution in [3.63, 3.8) is 0 Å². The van der Waals surface area contributed by atoms with Gasteiger partial charge in [-0.3, -0.25) is 9.79 Å². The Morgan fingerprint density at radius 2 is 1.85 bits per heavy atom. The SMILES string of the molecule is CN=C(NCCCNC(=O)c1occc1C)N(C)Cc1ccccc1C. The number of guanidine groups is 1. The largest absolute Gasteiger partial charge is 0.459 e. The topological polar surface area (TPSA) is 69.9 Å². The Balaban J connectivity index is 1.72. The molecule has 26 heavy (non-hydrogen) atoms. The zero-order chi connectivity index (χ0) is 18.9. The van der Waals surface area contributed by atoms with Crippen LogP contribution in [0.2, 0.25) is 0 Å². The van der Waals surface area contributed by atoms with Crippen LogP contribution in [0.1, 0.15) is 33.7 Å². The molecule has 2 N–H and O–H groups in total. The van der Waals surface area contributed by atoms with Gasteiger partial charge in [0.05, 0.1) is 6.26 Å². The number of benzene rings is 1. The van der Waals surface area contributed by atoms with Crippen molar-refractivity contribution in [2.24, 2.45) is 4.99 Å². The first kappa shape index (κ1) is 19.6. The molecule has 2 rings (SSSR count). The molecule has 1 aromatic heterocycles. The molecule has 6 nitrogen and oxygen atoms in total. The number of aliphatic imine (C=N–C) groups is 1. The molecule has 0 spiro atoms. The van der Waals surface area contributed by atoms with Crippen molar-refractivity contribution in [2.75, 3.05) is 27.2 Å². The minimum absolute atomic E-state index is 0.173. The van der Waals surface area contributed by atoms with E-state index in [0.717, 1.165) is 31.0 Å². The maximum Gasteiger partial charge on any atom is 0.287 e.